The molecule has 1 aromatic carbocycles. The molecule has 0 spiro atoms. The van der Waals surface area contributed by atoms with Crippen molar-refractivity contribution in [1.82, 2.24) is 20.2 Å². The van der Waals surface area contributed by atoms with Crippen LogP contribution in [0.1, 0.15) is 73.2 Å². The molecule has 2 aromatic rings. The van der Waals surface area contributed by atoms with Crippen LogP contribution in [-0.2, 0) is 0 Å². The molecule has 3 fully saturated rings. The zero-order chi connectivity index (χ0) is 27.8. The van der Waals surface area contributed by atoms with Crippen molar-refractivity contribution in [1.29, 1.82) is 0 Å². The Hall–Kier alpha value is -3.00. The molecule has 39 heavy (non-hydrogen) atoms. The number of hydrogen-bond acceptors (Lipinski definition) is 7. The van der Waals surface area contributed by atoms with Crippen LogP contribution in [0.4, 0.5) is 11.6 Å². The van der Waals surface area contributed by atoms with Gasteiger partial charge in [-0.05, 0) is 66.7 Å². The second kappa shape index (κ2) is 10.9. The molecule has 3 heterocycles. The summed E-state index contributed by atoms with van der Waals surface area (Å²) in [5, 5.41) is 3.22. The van der Waals surface area contributed by atoms with Crippen molar-refractivity contribution in [3.05, 3.63) is 47.3 Å². The topological polar surface area (TPSA) is 81.7 Å². The zero-order valence-corrected chi connectivity index (χ0v) is 24.2. The normalized spacial score (nSPS) is 21.9. The number of carbonyl (C=O) groups excluding carboxylic acids is 2. The fraction of sp³-hybridized carbons (Fsp3) is 0.613. The average Bonchev–Trinajstić information content (AvgIpc) is 2.92. The summed E-state index contributed by atoms with van der Waals surface area (Å²) in [4.78, 5) is 40.4. The number of nitrogens with zero attached hydrogens (tertiary/aromatic N) is 5. The molecular weight excluding hydrogens is 488 g/mol. The summed E-state index contributed by atoms with van der Waals surface area (Å²) in [5.41, 5.74) is 3.78. The highest BCUT2D eigenvalue weighted by Crippen LogP contribution is 2.53. The van der Waals surface area contributed by atoms with Crippen molar-refractivity contribution >= 4 is 23.8 Å². The lowest BCUT2D eigenvalue weighted by molar-refractivity contribution is -0.0366. The number of benzene rings is 1. The number of nitrogens with one attached hydrogen (secondary N) is 1. The van der Waals surface area contributed by atoms with Crippen LogP contribution in [0.25, 0.3) is 0 Å². The number of hydrogen-bond donors (Lipinski definition) is 1. The van der Waals surface area contributed by atoms with Gasteiger partial charge in [0.25, 0.3) is 5.91 Å². The second-order valence-corrected chi connectivity index (χ2v) is 13.2. The Morgan fingerprint density at radius 1 is 0.974 bits per heavy atom. The van der Waals surface area contributed by atoms with Gasteiger partial charge in [-0.1, -0.05) is 27.7 Å². The summed E-state index contributed by atoms with van der Waals surface area (Å²) in [7, 11) is 0. The van der Waals surface area contributed by atoms with Crippen molar-refractivity contribution in [2.75, 3.05) is 55.6 Å². The molecule has 0 bridgehead atoms. The fourth-order valence-electron chi connectivity index (χ4n) is 7.37. The first kappa shape index (κ1) is 27.6. The van der Waals surface area contributed by atoms with Gasteiger partial charge in [-0.3, -0.25) is 14.5 Å². The van der Waals surface area contributed by atoms with E-state index in [2.05, 4.69) is 69.8 Å². The molecule has 1 saturated carbocycles. The van der Waals surface area contributed by atoms with Gasteiger partial charge in [-0.2, -0.15) is 0 Å². The number of piperidine rings is 1. The van der Waals surface area contributed by atoms with E-state index >= 15 is 0 Å². The Kier molecular flexibility index (Phi) is 7.68. The lowest BCUT2D eigenvalue weighted by Crippen LogP contribution is -2.63. The molecule has 5 rings (SSSR count). The minimum Gasteiger partial charge on any atom is -0.369 e. The highest BCUT2D eigenvalue weighted by Gasteiger charge is 2.53. The van der Waals surface area contributed by atoms with Gasteiger partial charge in [-0.15, -0.1) is 0 Å². The molecule has 8 heteroatoms. The van der Waals surface area contributed by atoms with Gasteiger partial charge >= 0.3 is 0 Å². The first-order valence-corrected chi connectivity index (χ1v) is 14.5. The van der Waals surface area contributed by atoms with Crippen LogP contribution in [0.15, 0.2) is 30.6 Å². The molecule has 2 aliphatic heterocycles. The van der Waals surface area contributed by atoms with Crippen molar-refractivity contribution < 1.29 is 9.59 Å². The van der Waals surface area contributed by atoms with E-state index in [9.17, 15) is 9.59 Å². The lowest BCUT2D eigenvalue weighted by atomic mass is 9.52. The molecule has 8 nitrogen and oxygen atoms in total. The maximum Gasteiger partial charge on any atom is 0.254 e. The summed E-state index contributed by atoms with van der Waals surface area (Å²) >= 11 is 0. The summed E-state index contributed by atoms with van der Waals surface area (Å²) in [5.74, 6) is 1.32. The third-order valence-electron chi connectivity index (χ3n) is 9.18. The molecule has 2 saturated heterocycles. The second-order valence-electron chi connectivity index (χ2n) is 13.2. The van der Waals surface area contributed by atoms with Crippen molar-refractivity contribution in [3.63, 3.8) is 0 Å². The SMILES string of the molecule is Cc1cc(N2CCN(CC3CCN(c4ncc(C(=O)NC5C(C)(C)CC5(C)C)cn4)CC3)CC2)ccc1C=O. The largest absolute Gasteiger partial charge is 0.369 e. The van der Waals surface area contributed by atoms with Crippen LogP contribution >= 0.6 is 0 Å². The lowest BCUT2D eigenvalue weighted by Gasteiger charge is -2.57. The smallest absolute Gasteiger partial charge is 0.254 e. The number of rotatable bonds is 7. The van der Waals surface area contributed by atoms with E-state index < -0.39 is 0 Å². The first-order chi connectivity index (χ1) is 18.6. The summed E-state index contributed by atoms with van der Waals surface area (Å²) in [6.45, 7) is 18.0. The zero-order valence-electron chi connectivity index (χ0n) is 24.2. The van der Waals surface area contributed by atoms with Crippen LogP contribution < -0.4 is 15.1 Å². The quantitative estimate of drug-likeness (QED) is 0.536. The highest BCUT2D eigenvalue weighted by molar-refractivity contribution is 5.94. The van der Waals surface area contributed by atoms with Crippen molar-refractivity contribution in [2.45, 2.75) is 59.9 Å². The number of aryl methyl sites for hydroxylation is 1. The molecule has 0 atom stereocenters. The third-order valence-corrected chi connectivity index (χ3v) is 9.18. The monoisotopic (exact) mass is 532 g/mol. The van der Waals surface area contributed by atoms with E-state index in [1.807, 2.05) is 13.0 Å². The summed E-state index contributed by atoms with van der Waals surface area (Å²) in [6.07, 6.45) is 7.64. The third kappa shape index (κ3) is 5.96. The molecular formula is C31H44N6O2. The molecule has 0 unspecified atom stereocenters. The predicted molar refractivity (Wildman–Crippen MR) is 156 cm³/mol. The van der Waals surface area contributed by atoms with E-state index in [1.54, 1.807) is 12.4 Å². The van der Waals surface area contributed by atoms with Gasteiger partial charge in [0, 0.05) is 75.5 Å². The fourth-order valence-corrected chi connectivity index (χ4v) is 7.37. The maximum absolute atomic E-state index is 12.9. The molecule has 3 aliphatic rings. The van der Waals surface area contributed by atoms with Gasteiger partial charge in [-0.25, -0.2) is 9.97 Å². The van der Waals surface area contributed by atoms with Gasteiger partial charge in [0.1, 0.15) is 6.29 Å². The Balaban J connectivity index is 1.06. The summed E-state index contributed by atoms with van der Waals surface area (Å²) in [6, 6.07) is 6.28. The molecule has 1 N–H and O–H groups in total. The maximum atomic E-state index is 12.9. The number of amides is 1. The van der Waals surface area contributed by atoms with Crippen LogP contribution in [0, 0.1) is 23.7 Å². The van der Waals surface area contributed by atoms with Crippen LogP contribution in [-0.4, -0.2) is 78.9 Å². The van der Waals surface area contributed by atoms with Gasteiger partial charge in [0.2, 0.25) is 5.95 Å². The highest BCUT2D eigenvalue weighted by atomic mass is 16.1. The number of aromatic nitrogens is 2. The Morgan fingerprint density at radius 2 is 1.62 bits per heavy atom. The van der Waals surface area contributed by atoms with Crippen molar-refractivity contribution in [3.8, 4) is 0 Å². The molecule has 0 radical (unpaired) electrons. The van der Waals surface area contributed by atoms with Crippen LogP contribution in [0.2, 0.25) is 0 Å². The first-order valence-electron chi connectivity index (χ1n) is 14.5. The van der Waals surface area contributed by atoms with Gasteiger partial charge in [0.15, 0.2) is 0 Å². The Bertz CT molecular complexity index is 1160. The Morgan fingerprint density at radius 3 is 2.18 bits per heavy atom. The summed E-state index contributed by atoms with van der Waals surface area (Å²) < 4.78 is 0. The van der Waals surface area contributed by atoms with Gasteiger partial charge in [0.05, 0.1) is 5.56 Å². The number of carbonyl (C=O) groups is 2. The molecule has 1 aliphatic carbocycles. The number of aldehydes is 1. The van der Waals surface area contributed by atoms with Crippen LogP contribution in [0.5, 0.6) is 0 Å². The minimum absolute atomic E-state index is 0.0840. The standard InChI is InChI=1S/C31H44N6O2/c1-22-16-26(7-6-24(22)20-38)36-14-12-35(13-15-36)19-23-8-10-37(11-9-23)29-32-17-25(18-33-29)27(39)34-28-30(2,3)21-31(28,4)5/h6-7,16-18,20,23,28H,8-15,19,21H2,1-5H3,(H,34,39). The molecule has 1 aromatic heterocycles. The van der Waals surface area contributed by atoms with E-state index in [0.29, 0.717) is 11.5 Å². The van der Waals surface area contributed by atoms with Crippen molar-refractivity contribution in [2.24, 2.45) is 16.7 Å². The van der Waals surface area contributed by atoms with Gasteiger partial charge < -0.3 is 15.1 Å². The number of piperazine rings is 1. The van der Waals surface area contributed by atoms with E-state index in [4.69, 9.17) is 0 Å². The van der Waals surface area contributed by atoms with E-state index in [0.717, 1.165) is 88.4 Å². The molecule has 210 valence electrons. The number of anilines is 2. The van der Waals surface area contributed by atoms with E-state index in [1.165, 1.54) is 5.69 Å². The predicted octanol–water partition coefficient (Wildman–Crippen LogP) is 4.19. The average molecular weight is 533 g/mol. The molecule has 1 amide bonds. The minimum atomic E-state index is -0.0840. The van der Waals surface area contributed by atoms with Crippen LogP contribution in [0.3, 0.4) is 0 Å². The van der Waals surface area contributed by atoms with E-state index in [-0.39, 0.29) is 22.8 Å². The Labute approximate surface area is 233 Å².